The molecule has 2 rings (SSSR count). The molecule has 96 valence electrons. The van der Waals surface area contributed by atoms with E-state index in [1.54, 1.807) is 14.2 Å². The van der Waals surface area contributed by atoms with E-state index in [0.29, 0.717) is 12.4 Å². The SMILES string of the molecule is COCc1nc(-c2ccc([C@@H](C)OC)cc2)n[nH]1. The fourth-order valence-electron chi connectivity index (χ4n) is 1.66. The predicted molar refractivity (Wildman–Crippen MR) is 68.0 cm³/mol. The van der Waals surface area contributed by atoms with E-state index in [1.165, 1.54) is 0 Å². The number of rotatable bonds is 5. The number of hydrogen-bond donors (Lipinski definition) is 1. The minimum absolute atomic E-state index is 0.0928. The van der Waals surface area contributed by atoms with Crippen LogP contribution < -0.4 is 0 Å². The summed E-state index contributed by atoms with van der Waals surface area (Å²) in [6.07, 6.45) is 0.0928. The molecule has 2 aromatic rings. The molecule has 5 nitrogen and oxygen atoms in total. The lowest BCUT2D eigenvalue weighted by Crippen LogP contribution is -1.95. The summed E-state index contributed by atoms with van der Waals surface area (Å²) in [4.78, 5) is 4.34. The van der Waals surface area contributed by atoms with Crippen LogP contribution in [0.15, 0.2) is 24.3 Å². The Morgan fingerprint density at radius 2 is 1.94 bits per heavy atom. The highest BCUT2D eigenvalue weighted by atomic mass is 16.5. The molecule has 1 N–H and O–H groups in total. The number of ether oxygens (including phenoxy) is 2. The van der Waals surface area contributed by atoms with E-state index in [0.717, 1.165) is 17.0 Å². The molecular weight excluding hydrogens is 230 g/mol. The van der Waals surface area contributed by atoms with Gasteiger partial charge in [0.1, 0.15) is 6.61 Å². The van der Waals surface area contributed by atoms with Gasteiger partial charge in [0.25, 0.3) is 0 Å². The Labute approximate surface area is 106 Å². The zero-order valence-corrected chi connectivity index (χ0v) is 10.8. The summed E-state index contributed by atoms with van der Waals surface area (Å²) in [5.41, 5.74) is 2.11. The second kappa shape index (κ2) is 5.75. The molecular formula is C13H17N3O2. The lowest BCUT2D eigenvalue weighted by molar-refractivity contribution is 0.119. The summed E-state index contributed by atoms with van der Waals surface area (Å²) >= 11 is 0. The Morgan fingerprint density at radius 1 is 1.22 bits per heavy atom. The van der Waals surface area contributed by atoms with Gasteiger partial charge in [-0.15, -0.1) is 0 Å². The van der Waals surface area contributed by atoms with Crippen LogP contribution in [0.2, 0.25) is 0 Å². The van der Waals surface area contributed by atoms with Gasteiger partial charge in [-0.05, 0) is 12.5 Å². The molecule has 1 aromatic heterocycles. The van der Waals surface area contributed by atoms with Gasteiger partial charge in [-0.3, -0.25) is 5.10 Å². The van der Waals surface area contributed by atoms with Crippen molar-refractivity contribution in [3.8, 4) is 11.4 Å². The summed E-state index contributed by atoms with van der Waals surface area (Å²) in [5.74, 6) is 1.40. The van der Waals surface area contributed by atoms with Crippen LogP contribution in [0.25, 0.3) is 11.4 Å². The molecule has 0 radical (unpaired) electrons. The molecule has 0 spiro atoms. The van der Waals surface area contributed by atoms with Crippen LogP contribution in [0.4, 0.5) is 0 Å². The van der Waals surface area contributed by atoms with Crippen molar-refractivity contribution in [2.75, 3.05) is 14.2 Å². The third-order valence-electron chi connectivity index (χ3n) is 2.80. The van der Waals surface area contributed by atoms with E-state index in [1.807, 2.05) is 31.2 Å². The first-order chi connectivity index (χ1) is 8.74. The number of hydrogen-bond acceptors (Lipinski definition) is 4. The summed E-state index contributed by atoms with van der Waals surface area (Å²) in [7, 11) is 3.33. The van der Waals surface area contributed by atoms with Crippen LogP contribution in [0, 0.1) is 0 Å². The number of aromatic amines is 1. The van der Waals surface area contributed by atoms with Gasteiger partial charge in [-0.25, -0.2) is 4.98 Å². The molecule has 0 unspecified atom stereocenters. The zero-order valence-electron chi connectivity index (χ0n) is 10.8. The van der Waals surface area contributed by atoms with Crippen LogP contribution in [0.5, 0.6) is 0 Å². The first-order valence-electron chi connectivity index (χ1n) is 5.78. The highest BCUT2D eigenvalue weighted by molar-refractivity contribution is 5.55. The maximum atomic E-state index is 5.26. The summed E-state index contributed by atoms with van der Waals surface area (Å²) in [6, 6.07) is 8.03. The highest BCUT2D eigenvalue weighted by Gasteiger charge is 2.07. The molecule has 1 atom stereocenters. The Kier molecular flexibility index (Phi) is 4.07. The lowest BCUT2D eigenvalue weighted by Gasteiger charge is -2.09. The Balaban J connectivity index is 2.17. The second-order valence-electron chi connectivity index (χ2n) is 4.04. The summed E-state index contributed by atoms with van der Waals surface area (Å²) < 4.78 is 10.3. The highest BCUT2D eigenvalue weighted by Crippen LogP contribution is 2.20. The van der Waals surface area contributed by atoms with Crippen LogP contribution >= 0.6 is 0 Å². The number of methoxy groups -OCH3 is 2. The fourth-order valence-corrected chi connectivity index (χ4v) is 1.66. The van der Waals surface area contributed by atoms with Crippen molar-refractivity contribution in [2.45, 2.75) is 19.6 Å². The Hall–Kier alpha value is -1.72. The van der Waals surface area contributed by atoms with Crippen LogP contribution in [0.1, 0.15) is 24.4 Å². The van der Waals surface area contributed by atoms with E-state index in [9.17, 15) is 0 Å². The van der Waals surface area contributed by atoms with Crippen molar-refractivity contribution in [2.24, 2.45) is 0 Å². The molecule has 0 aliphatic heterocycles. The smallest absolute Gasteiger partial charge is 0.181 e. The number of nitrogens with zero attached hydrogens (tertiary/aromatic N) is 2. The molecule has 0 aliphatic rings. The number of aromatic nitrogens is 3. The molecule has 1 heterocycles. The van der Waals surface area contributed by atoms with Gasteiger partial charge in [0.15, 0.2) is 11.6 Å². The van der Waals surface area contributed by atoms with Gasteiger partial charge in [-0.1, -0.05) is 24.3 Å². The van der Waals surface area contributed by atoms with E-state index < -0.39 is 0 Å². The molecule has 18 heavy (non-hydrogen) atoms. The van der Waals surface area contributed by atoms with Crippen molar-refractivity contribution in [1.29, 1.82) is 0 Å². The van der Waals surface area contributed by atoms with Crippen molar-refractivity contribution in [3.63, 3.8) is 0 Å². The topological polar surface area (TPSA) is 60.0 Å². The molecule has 1 aromatic carbocycles. The predicted octanol–water partition coefficient (Wildman–Crippen LogP) is 2.33. The normalized spacial score (nSPS) is 12.6. The quantitative estimate of drug-likeness (QED) is 0.880. The molecule has 0 fully saturated rings. The maximum Gasteiger partial charge on any atom is 0.181 e. The third-order valence-corrected chi connectivity index (χ3v) is 2.80. The largest absolute Gasteiger partial charge is 0.377 e. The fraction of sp³-hybridized carbons (Fsp3) is 0.385. The Bertz CT molecular complexity index is 493. The van der Waals surface area contributed by atoms with Gasteiger partial charge in [0.05, 0.1) is 6.10 Å². The standard InChI is InChI=1S/C13H17N3O2/c1-9(18-3)10-4-6-11(7-5-10)13-14-12(8-17-2)15-16-13/h4-7,9H,8H2,1-3H3,(H,14,15,16)/t9-/m1/s1. The molecule has 5 heteroatoms. The van der Waals surface area contributed by atoms with Gasteiger partial charge in [-0.2, -0.15) is 5.10 Å². The number of benzene rings is 1. The summed E-state index contributed by atoms with van der Waals surface area (Å²) in [6.45, 7) is 2.45. The lowest BCUT2D eigenvalue weighted by atomic mass is 10.1. The minimum atomic E-state index is 0.0928. The van der Waals surface area contributed by atoms with Crippen molar-refractivity contribution in [3.05, 3.63) is 35.7 Å². The van der Waals surface area contributed by atoms with Gasteiger partial charge in [0, 0.05) is 19.8 Å². The van der Waals surface area contributed by atoms with Crippen LogP contribution in [-0.2, 0) is 16.1 Å². The van der Waals surface area contributed by atoms with Gasteiger partial charge in [0.2, 0.25) is 0 Å². The maximum absolute atomic E-state index is 5.26. The van der Waals surface area contributed by atoms with Gasteiger partial charge >= 0.3 is 0 Å². The van der Waals surface area contributed by atoms with E-state index in [4.69, 9.17) is 9.47 Å². The molecule has 0 saturated heterocycles. The zero-order chi connectivity index (χ0) is 13.0. The average molecular weight is 247 g/mol. The van der Waals surface area contributed by atoms with Crippen molar-refractivity contribution < 1.29 is 9.47 Å². The number of nitrogens with one attached hydrogen (secondary N) is 1. The van der Waals surface area contributed by atoms with Crippen molar-refractivity contribution >= 4 is 0 Å². The first kappa shape index (κ1) is 12.7. The van der Waals surface area contributed by atoms with Crippen LogP contribution in [-0.4, -0.2) is 29.4 Å². The minimum Gasteiger partial charge on any atom is -0.377 e. The first-order valence-corrected chi connectivity index (χ1v) is 5.78. The summed E-state index contributed by atoms with van der Waals surface area (Å²) in [5, 5.41) is 7.00. The Morgan fingerprint density at radius 3 is 2.56 bits per heavy atom. The average Bonchev–Trinajstić information content (AvgIpc) is 2.87. The molecule has 0 amide bonds. The second-order valence-corrected chi connectivity index (χ2v) is 4.04. The molecule has 0 aliphatic carbocycles. The monoisotopic (exact) mass is 247 g/mol. The third kappa shape index (κ3) is 2.75. The van der Waals surface area contributed by atoms with E-state index >= 15 is 0 Å². The van der Waals surface area contributed by atoms with E-state index in [-0.39, 0.29) is 6.10 Å². The van der Waals surface area contributed by atoms with Gasteiger partial charge < -0.3 is 9.47 Å². The van der Waals surface area contributed by atoms with Crippen molar-refractivity contribution in [1.82, 2.24) is 15.2 Å². The molecule has 0 bridgehead atoms. The molecule has 0 saturated carbocycles. The van der Waals surface area contributed by atoms with Crippen LogP contribution in [0.3, 0.4) is 0 Å². The van der Waals surface area contributed by atoms with E-state index in [2.05, 4.69) is 15.2 Å². The number of H-pyrrole nitrogens is 1.